The van der Waals surface area contributed by atoms with Crippen LogP contribution < -0.4 is 0 Å². The number of rotatable bonds is 7. The molecule has 8 heteroatoms. The Balaban J connectivity index is 1.51. The van der Waals surface area contributed by atoms with E-state index in [2.05, 4.69) is 31.9 Å². The molecule has 0 spiro atoms. The largest absolute Gasteiger partial charge is 0.456 e. The third-order valence-electron chi connectivity index (χ3n) is 6.74. The highest BCUT2D eigenvalue weighted by Crippen LogP contribution is 2.60. The highest BCUT2D eigenvalue weighted by Gasteiger charge is 2.67. The summed E-state index contributed by atoms with van der Waals surface area (Å²) in [5, 5.41) is 0. The lowest BCUT2D eigenvalue weighted by Crippen LogP contribution is -2.48. The molecule has 1 aliphatic heterocycles. The molecule has 2 bridgehead atoms. The van der Waals surface area contributed by atoms with Gasteiger partial charge >= 0.3 is 5.97 Å². The Bertz CT molecular complexity index is 872. The number of alkyl halides is 2. The fourth-order valence-electron chi connectivity index (χ4n) is 5.37. The molecular formula is C23H25Br2NO5. The molecule has 3 fully saturated rings. The minimum absolute atomic E-state index is 0.0629. The van der Waals surface area contributed by atoms with Gasteiger partial charge in [0.05, 0.1) is 11.8 Å². The summed E-state index contributed by atoms with van der Waals surface area (Å²) in [6, 6.07) is 7.57. The fourth-order valence-corrected chi connectivity index (χ4v) is 7.25. The number of benzene rings is 1. The summed E-state index contributed by atoms with van der Waals surface area (Å²) in [6.45, 7) is 3.43. The van der Waals surface area contributed by atoms with Gasteiger partial charge in [-0.25, -0.2) is 4.79 Å². The van der Waals surface area contributed by atoms with Crippen LogP contribution in [-0.4, -0.2) is 50.8 Å². The van der Waals surface area contributed by atoms with Crippen LogP contribution in [0.1, 0.15) is 37.0 Å². The molecule has 0 unspecified atom stereocenters. The summed E-state index contributed by atoms with van der Waals surface area (Å²) >= 11 is 7.35. The van der Waals surface area contributed by atoms with Crippen molar-refractivity contribution in [1.82, 2.24) is 4.90 Å². The zero-order valence-electron chi connectivity index (χ0n) is 17.4. The van der Waals surface area contributed by atoms with Crippen LogP contribution in [0.3, 0.4) is 0 Å². The van der Waals surface area contributed by atoms with Crippen molar-refractivity contribution in [3.63, 3.8) is 0 Å². The van der Waals surface area contributed by atoms with Crippen LogP contribution in [-0.2, 0) is 19.1 Å². The Kier molecular flexibility index (Phi) is 6.41. The van der Waals surface area contributed by atoms with E-state index in [1.807, 2.05) is 13.8 Å². The van der Waals surface area contributed by atoms with Crippen LogP contribution in [0.15, 0.2) is 30.3 Å². The van der Waals surface area contributed by atoms with Crippen LogP contribution in [0.5, 0.6) is 0 Å². The van der Waals surface area contributed by atoms with E-state index < -0.39 is 18.6 Å². The summed E-state index contributed by atoms with van der Waals surface area (Å²) < 4.78 is 5.31. The number of fused-ring (bicyclic) bond motifs is 5. The first kappa shape index (κ1) is 22.6. The maximum absolute atomic E-state index is 13.3. The number of carbonyl (C=O) groups excluding carboxylic acids is 4. The zero-order valence-corrected chi connectivity index (χ0v) is 20.5. The smallest absolute Gasteiger partial charge is 0.329 e. The Labute approximate surface area is 198 Å². The lowest BCUT2D eigenvalue weighted by Gasteiger charge is -2.28. The number of hydrogen-bond donors (Lipinski definition) is 0. The molecule has 166 valence electrons. The standard InChI is InChI=1S/C23H25Br2NO5/c1-11(2)8-15(23(30)31-10-16(27)12-6-4-3-5-7-12)26-21(28)17-13-9-14(18(17)22(26)29)20(25)19(13)24/h3-7,11,13-15,17-20H,8-10H2,1-2H3/t13-,14-,15+,17-,18-,19-,20+/m0/s1. The third-order valence-corrected chi connectivity index (χ3v) is 9.95. The van der Waals surface area contributed by atoms with E-state index in [1.54, 1.807) is 30.3 Å². The Morgan fingerprint density at radius 1 is 1.03 bits per heavy atom. The van der Waals surface area contributed by atoms with E-state index in [9.17, 15) is 19.2 Å². The molecule has 2 aliphatic carbocycles. The number of ether oxygens (including phenoxy) is 1. The summed E-state index contributed by atoms with van der Waals surface area (Å²) in [5.41, 5.74) is 0.446. The lowest BCUT2D eigenvalue weighted by atomic mass is 9.81. The van der Waals surface area contributed by atoms with Crippen molar-refractivity contribution in [2.45, 2.75) is 42.4 Å². The number of ketones is 1. The average molecular weight is 555 g/mol. The quantitative estimate of drug-likeness (QED) is 0.223. The molecule has 1 aromatic carbocycles. The van der Waals surface area contributed by atoms with Gasteiger partial charge in [-0.15, -0.1) is 0 Å². The molecule has 1 saturated heterocycles. The van der Waals surface area contributed by atoms with Crippen molar-refractivity contribution in [2.75, 3.05) is 6.61 Å². The van der Waals surface area contributed by atoms with Crippen molar-refractivity contribution < 1.29 is 23.9 Å². The van der Waals surface area contributed by atoms with Crippen molar-refractivity contribution in [2.24, 2.45) is 29.6 Å². The van der Waals surface area contributed by atoms with Crippen LogP contribution >= 0.6 is 31.9 Å². The maximum Gasteiger partial charge on any atom is 0.329 e. The molecule has 2 amide bonds. The predicted molar refractivity (Wildman–Crippen MR) is 121 cm³/mol. The number of imide groups is 1. The van der Waals surface area contributed by atoms with E-state index in [1.165, 1.54) is 0 Å². The van der Waals surface area contributed by atoms with Gasteiger partial charge in [-0.3, -0.25) is 19.3 Å². The summed E-state index contributed by atoms with van der Waals surface area (Å²) in [5.74, 6) is -2.12. The second-order valence-electron chi connectivity index (χ2n) is 9.09. The van der Waals surface area contributed by atoms with Gasteiger partial charge in [0, 0.05) is 15.2 Å². The van der Waals surface area contributed by atoms with E-state index in [0.717, 1.165) is 11.3 Å². The second kappa shape index (κ2) is 8.77. The monoisotopic (exact) mass is 553 g/mol. The van der Waals surface area contributed by atoms with Gasteiger partial charge in [0.25, 0.3) is 0 Å². The summed E-state index contributed by atoms with van der Waals surface area (Å²) in [4.78, 5) is 53.4. The summed E-state index contributed by atoms with van der Waals surface area (Å²) in [6.07, 6.45) is 1.14. The number of amides is 2. The SMILES string of the molecule is CC(C)C[C@H](C(=O)OCC(=O)c1ccccc1)N1C(=O)[C@H]2[C@@H]3C[C@H]([C@@H](Br)[C@H]3Br)[C@@H]2C1=O. The fraction of sp³-hybridized carbons (Fsp3) is 0.565. The van der Waals surface area contributed by atoms with Gasteiger partial charge in [-0.05, 0) is 30.6 Å². The Morgan fingerprint density at radius 3 is 2.10 bits per heavy atom. The molecule has 0 aromatic heterocycles. The van der Waals surface area contributed by atoms with Crippen LogP contribution in [0.2, 0.25) is 0 Å². The number of esters is 1. The third kappa shape index (κ3) is 3.90. The van der Waals surface area contributed by atoms with Crippen molar-refractivity contribution in [3.8, 4) is 0 Å². The molecule has 1 heterocycles. The zero-order chi connectivity index (χ0) is 22.4. The van der Waals surface area contributed by atoms with Crippen molar-refractivity contribution in [1.29, 1.82) is 0 Å². The first-order valence-electron chi connectivity index (χ1n) is 10.6. The Morgan fingerprint density at radius 2 is 1.58 bits per heavy atom. The second-order valence-corrected chi connectivity index (χ2v) is 11.2. The first-order valence-corrected chi connectivity index (χ1v) is 12.5. The van der Waals surface area contributed by atoms with Gasteiger partial charge in [0.15, 0.2) is 12.4 Å². The predicted octanol–water partition coefficient (Wildman–Crippen LogP) is 3.61. The highest BCUT2D eigenvalue weighted by atomic mass is 79.9. The number of halogens is 2. The minimum Gasteiger partial charge on any atom is -0.456 e. The van der Waals surface area contributed by atoms with Crippen LogP contribution in [0.25, 0.3) is 0 Å². The van der Waals surface area contributed by atoms with Crippen molar-refractivity contribution in [3.05, 3.63) is 35.9 Å². The number of Topliss-reactive ketones (excluding diaryl/α,β-unsaturated/α-hetero) is 1. The average Bonchev–Trinajstić information content (AvgIpc) is 3.35. The molecule has 6 nitrogen and oxygen atoms in total. The Hall–Kier alpha value is -1.54. The molecule has 1 aromatic rings. The van der Waals surface area contributed by atoms with Gasteiger partial charge in [0.1, 0.15) is 6.04 Å². The first-order chi connectivity index (χ1) is 14.7. The van der Waals surface area contributed by atoms with Gasteiger partial charge in [-0.1, -0.05) is 76.0 Å². The highest BCUT2D eigenvalue weighted by molar-refractivity contribution is 9.12. The number of likely N-dealkylation sites (tertiary alicyclic amines) is 1. The molecule has 4 rings (SSSR count). The molecular weight excluding hydrogens is 530 g/mol. The van der Waals surface area contributed by atoms with Gasteiger partial charge in [-0.2, -0.15) is 0 Å². The number of hydrogen-bond acceptors (Lipinski definition) is 5. The lowest BCUT2D eigenvalue weighted by molar-refractivity contribution is -0.159. The van der Waals surface area contributed by atoms with E-state index >= 15 is 0 Å². The molecule has 7 atom stereocenters. The maximum atomic E-state index is 13.3. The molecule has 3 aliphatic rings. The van der Waals surface area contributed by atoms with Gasteiger partial charge in [0.2, 0.25) is 11.8 Å². The van der Waals surface area contributed by atoms with E-state index in [0.29, 0.717) is 12.0 Å². The van der Waals surface area contributed by atoms with Gasteiger partial charge < -0.3 is 4.74 Å². The van der Waals surface area contributed by atoms with E-state index in [-0.39, 0.29) is 56.8 Å². The topological polar surface area (TPSA) is 80.8 Å². The number of nitrogens with zero attached hydrogens (tertiary/aromatic N) is 1. The summed E-state index contributed by atoms with van der Waals surface area (Å²) in [7, 11) is 0. The number of carbonyl (C=O) groups is 4. The molecule has 0 N–H and O–H groups in total. The van der Waals surface area contributed by atoms with E-state index in [4.69, 9.17) is 4.74 Å². The molecule has 2 saturated carbocycles. The minimum atomic E-state index is -1.00. The molecule has 31 heavy (non-hydrogen) atoms. The van der Waals surface area contributed by atoms with Crippen LogP contribution in [0, 0.1) is 29.6 Å². The van der Waals surface area contributed by atoms with Crippen molar-refractivity contribution >= 4 is 55.4 Å². The normalized spacial score (nSPS) is 32.5. The molecule has 0 radical (unpaired) electrons. The van der Waals surface area contributed by atoms with Crippen LogP contribution in [0.4, 0.5) is 0 Å².